The molecule has 0 aromatic heterocycles. The molecule has 72 valence electrons. The molecule has 1 aromatic rings. The van der Waals surface area contributed by atoms with Crippen molar-refractivity contribution in [1.82, 2.24) is 0 Å². The molecule has 0 saturated carbocycles. The van der Waals surface area contributed by atoms with Crippen LogP contribution in [0.5, 0.6) is 0 Å². The van der Waals surface area contributed by atoms with Gasteiger partial charge in [0.2, 0.25) is 0 Å². The average molecular weight is 324 g/mol. The summed E-state index contributed by atoms with van der Waals surface area (Å²) in [6.45, 7) is 0. The molecule has 0 spiro atoms. The Balaban J connectivity index is 3.50. The van der Waals surface area contributed by atoms with E-state index in [-0.39, 0.29) is 14.9 Å². The summed E-state index contributed by atoms with van der Waals surface area (Å²) in [5.41, 5.74) is 0. The molecular weight excluding hydrogens is 322 g/mol. The van der Waals surface area contributed by atoms with Crippen LogP contribution in [0.2, 0.25) is 10.0 Å². The third kappa shape index (κ3) is 2.73. The van der Waals surface area contributed by atoms with Gasteiger partial charge in [0.05, 0.1) is 10.0 Å². The SMILES string of the molecule is O=S(=O)(Cl)c1cc(Cl)c(Br)cc1Cl. The van der Waals surface area contributed by atoms with Gasteiger partial charge in [-0.2, -0.15) is 0 Å². The smallest absolute Gasteiger partial charge is 0.207 e. The highest BCUT2D eigenvalue weighted by Gasteiger charge is 2.16. The van der Waals surface area contributed by atoms with Gasteiger partial charge < -0.3 is 0 Å². The topological polar surface area (TPSA) is 34.1 Å². The number of hydrogen-bond donors (Lipinski definition) is 0. The molecule has 0 N–H and O–H groups in total. The molecular formula is C6H2BrCl3O2S. The minimum atomic E-state index is -3.84. The minimum Gasteiger partial charge on any atom is -0.207 e. The monoisotopic (exact) mass is 322 g/mol. The average Bonchev–Trinajstić information content (AvgIpc) is 1.94. The molecule has 1 aromatic carbocycles. The van der Waals surface area contributed by atoms with E-state index in [9.17, 15) is 8.42 Å². The van der Waals surface area contributed by atoms with Gasteiger partial charge >= 0.3 is 0 Å². The first-order valence-electron chi connectivity index (χ1n) is 2.91. The largest absolute Gasteiger partial charge is 0.262 e. The summed E-state index contributed by atoms with van der Waals surface area (Å²) in [4.78, 5) is -0.191. The third-order valence-electron chi connectivity index (χ3n) is 1.24. The van der Waals surface area contributed by atoms with Crippen molar-refractivity contribution < 1.29 is 8.42 Å². The Kier molecular flexibility index (Phi) is 3.52. The molecule has 0 aliphatic heterocycles. The summed E-state index contributed by atoms with van der Waals surface area (Å²) in [6, 6.07) is 2.56. The van der Waals surface area contributed by atoms with E-state index < -0.39 is 9.05 Å². The first-order valence-corrected chi connectivity index (χ1v) is 6.77. The van der Waals surface area contributed by atoms with Crippen LogP contribution in [0, 0.1) is 0 Å². The van der Waals surface area contributed by atoms with Gasteiger partial charge in [0.25, 0.3) is 9.05 Å². The van der Waals surface area contributed by atoms with E-state index >= 15 is 0 Å². The fourth-order valence-electron chi connectivity index (χ4n) is 0.691. The second-order valence-electron chi connectivity index (χ2n) is 2.13. The van der Waals surface area contributed by atoms with E-state index in [1.807, 2.05) is 0 Å². The lowest BCUT2D eigenvalue weighted by Gasteiger charge is -2.02. The van der Waals surface area contributed by atoms with Crippen molar-refractivity contribution in [2.75, 3.05) is 0 Å². The van der Waals surface area contributed by atoms with Crippen molar-refractivity contribution >= 4 is 58.9 Å². The van der Waals surface area contributed by atoms with Crippen molar-refractivity contribution in [1.29, 1.82) is 0 Å². The Bertz CT molecular complexity index is 443. The van der Waals surface area contributed by atoms with E-state index in [1.54, 1.807) is 0 Å². The minimum absolute atomic E-state index is 0.0336. The predicted octanol–water partition coefficient (Wildman–Crippen LogP) is 3.68. The van der Waals surface area contributed by atoms with Crippen molar-refractivity contribution in [3.63, 3.8) is 0 Å². The van der Waals surface area contributed by atoms with Crippen molar-refractivity contribution in [2.24, 2.45) is 0 Å². The zero-order valence-corrected chi connectivity index (χ0v) is 10.6. The van der Waals surface area contributed by atoms with Gasteiger partial charge in [-0.05, 0) is 28.1 Å². The molecule has 0 atom stereocenters. The lowest BCUT2D eigenvalue weighted by Crippen LogP contribution is -1.92. The highest BCUT2D eigenvalue weighted by atomic mass is 79.9. The first-order chi connectivity index (χ1) is 5.82. The van der Waals surface area contributed by atoms with Crippen molar-refractivity contribution in [3.05, 3.63) is 26.7 Å². The zero-order valence-electron chi connectivity index (χ0n) is 5.89. The summed E-state index contributed by atoms with van der Waals surface area (Å²) in [6.07, 6.45) is 0. The van der Waals surface area contributed by atoms with Crippen LogP contribution >= 0.6 is 49.8 Å². The molecule has 1 rings (SSSR count). The molecule has 0 aliphatic rings. The van der Waals surface area contributed by atoms with Gasteiger partial charge in [-0.3, -0.25) is 0 Å². The van der Waals surface area contributed by atoms with Gasteiger partial charge in [-0.15, -0.1) is 0 Å². The van der Waals surface area contributed by atoms with Gasteiger partial charge in [0.1, 0.15) is 4.90 Å². The quantitative estimate of drug-likeness (QED) is 0.583. The van der Waals surface area contributed by atoms with Crippen LogP contribution in [0.1, 0.15) is 0 Å². The van der Waals surface area contributed by atoms with Crippen LogP contribution in [0.15, 0.2) is 21.5 Å². The van der Waals surface area contributed by atoms with Crippen LogP contribution in [0.25, 0.3) is 0 Å². The third-order valence-corrected chi connectivity index (χ3v) is 4.22. The van der Waals surface area contributed by atoms with Gasteiger partial charge in [0, 0.05) is 15.2 Å². The maximum atomic E-state index is 10.9. The molecule has 13 heavy (non-hydrogen) atoms. The number of halogens is 4. The van der Waals surface area contributed by atoms with Crippen LogP contribution in [-0.4, -0.2) is 8.42 Å². The molecule has 0 heterocycles. The summed E-state index contributed by atoms with van der Waals surface area (Å²) < 4.78 is 22.4. The maximum absolute atomic E-state index is 10.9. The van der Waals surface area contributed by atoms with Crippen LogP contribution in [-0.2, 0) is 9.05 Å². The fourth-order valence-corrected chi connectivity index (χ4v) is 2.91. The molecule has 0 aliphatic carbocycles. The predicted molar refractivity (Wildman–Crippen MR) is 57.2 cm³/mol. The van der Waals surface area contributed by atoms with E-state index in [0.29, 0.717) is 4.47 Å². The molecule has 0 radical (unpaired) electrons. The second-order valence-corrected chi connectivity index (χ2v) is 6.34. The standard InChI is InChI=1S/C6H2BrCl3O2S/c7-3-1-5(9)6(2-4(3)8)13(10,11)12/h1-2H. The Morgan fingerprint density at radius 1 is 1.15 bits per heavy atom. The molecule has 0 unspecified atom stereocenters. The molecule has 7 heteroatoms. The lowest BCUT2D eigenvalue weighted by molar-refractivity contribution is 0.609. The lowest BCUT2D eigenvalue weighted by atomic mass is 10.4. The normalized spacial score (nSPS) is 11.7. The molecule has 0 saturated heterocycles. The Hall–Kier alpha value is 0.520. The fraction of sp³-hybridized carbons (Fsp3) is 0. The van der Waals surface area contributed by atoms with E-state index in [1.165, 1.54) is 12.1 Å². The summed E-state index contributed by atoms with van der Waals surface area (Å²) in [5, 5.41) is 0.273. The van der Waals surface area contributed by atoms with E-state index in [2.05, 4.69) is 15.9 Å². The maximum Gasteiger partial charge on any atom is 0.262 e. The van der Waals surface area contributed by atoms with Crippen LogP contribution in [0.3, 0.4) is 0 Å². The Labute approximate surface area is 98.3 Å². The number of hydrogen-bond acceptors (Lipinski definition) is 2. The molecule has 0 bridgehead atoms. The summed E-state index contributed by atoms with van der Waals surface area (Å²) in [7, 11) is 1.26. The highest BCUT2D eigenvalue weighted by molar-refractivity contribution is 9.10. The van der Waals surface area contributed by atoms with Gasteiger partial charge in [-0.1, -0.05) is 23.2 Å². The Morgan fingerprint density at radius 2 is 1.69 bits per heavy atom. The van der Waals surface area contributed by atoms with Gasteiger partial charge in [-0.25, -0.2) is 8.42 Å². The summed E-state index contributed by atoms with van der Waals surface area (Å²) >= 11 is 14.4. The number of rotatable bonds is 1. The number of benzene rings is 1. The summed E-state index contributed by atoms with van der Waals surface area (Å²) in [5.74, 6) is 0. The van der Waals surface area contributed by atoms with Crippen LogP contribution < -0.4 is 0 Å². The highest BCUT2D eigenvalue weighted by Crippen LogP contribution is 2.33. The second kappa shape index (κ2) is 3.95. The molecule has 0 fully saturated rings. The molecule has 0 amide bonds. The van der Waals surface area contributed by atoms with Crippen molar-refractivity contribution in [3.8, 4) is 0 Å². The molecule has 2 nitrogen and oxygen atoms in total. The Morgan fingerprint density at radius 3 is 2.15 bits per heavy atom. The van der Waals surface area contributed by atoms with Gasteiger partial charge in [0.15, 0.2) is 0 Å². The van der Waals surface area contributed by atoms with E-state index in [4.69, 9.17) is 33.9 Å². The van der Waals surface area contributed by atoms with Crippen molar-refractivity contribution in [2.45, 2.75) is 4.90 Å². The first kappa shape index (κ1) is 11.6. The zero-order chi connectivity index (χ0) is 10.2. The van der Waals surface area contributed by atoms with Crippen LogP contribution in [0.4, 0.5) is 0 Å². The van der Waals surface area contributed by atoms with E-state index in [0.717, 1.165) is 0 Å².